The van der Waals surface area contributed by atoms with Gasteiger partial charge in [-0.25, -0.2) is 0 Å². The average Bonchev–Trinajstić information content (AvgIpc) is 2.81. The third-order valence-corrected chi connectivity index (χ3v) is 6.11. The summed E-state index contributed by atoms with van der Waals surface area (Å²) in [5.41, 5.74) is 0. The van der Waals surface area contributed by atoms with Crippen molar-refractivity contribution < 1.29 is 4.79 Å². The highest BCUT2D eigenvalue weighted by atomic mass is 16.2. The number of carbonyl (C=O) groups is 1. The van der Waals surface area contributed by atoms with Crippen LogP contribution in [0.4, 0.5) is 0 Å². The Bertz CT molecular complexity index is 381. The van der Waals surface area contributed by atoms with Gasteiger partial charge in [-0.1, -0.05) is 19.3 Å². The molecule has 3 rings (SSSR count). The fourth-order valence-corrected chi connectivity index (χ4v) is 4.72. The van der Waals surface area contributed by atoms with Gasteiger partial charge >= 0.3 is 0 Å². The van der Waals surface area contributed by atoms with E-state index in [1.807, 2.05) is 0 Å². The fourth-order valence-electron chi connectivity index (χ4n) is 4.72. The zero-order valence-corrected chi connectivity index (χ0v) is 14.9. The minimum atomic E-state index is 0.260. The van der Waals surface area contributed by atoms with Gasteiger partial charge in [0.05, 0.1) is 0 Å². The van der Waals surface area contributed by atoms with E-state index in [0.717, 1.165) is 51.4 Å². The van der Waals surface area contributed by atoms with E-state index in [9.17, 15) is 4.79 Å². The van der Waals surface area contributed by atoms with Crippen molar-refractivity contribution in [2.45, 2.75) is 64.3 Å². The lowest BCUT2D eigenvalue weighted by atomic mass is 9.89. The maximum Gasteiger partial charge on any atom is 0.225 e. The van der Waals surface area contributed by atoms with Gasteiger partial charge in [0.15, 0.2) is 0 Å². The van der Waals surface area contributed by atoms with E-state index in [4.69, 9.17) is 0 Å². The molecule has 2 saturated heterocycles. The van der Waals surface area contributed by atoms with Crippen molar-refractivity contribution in [1.29, 1.82) is 0 Å². The predicted octanol–water partition coefficient (Wildman–Crippen LogP) is 2.49. The Morgan fingerprint density at radius 2 is 1.83 bits per heavy atom. The molecule has 2 atom stereocenters. The van der Waals surface area contributed by atoms with Crippen molar-refractivity contribution in [3.63, 3.8) is 0 Å². The smallest absolute Gasteiger partial charge is 0.225 e. The highest BCUT2D eigenvalue weighted by molar-refractivity contribution is 5.79. The van der Waals surface area contributed by atoms with Crippen LogP contribution in [0.5, 0.6) is 0 Å². The van der Waals surface area contributed by atoms with Gasteiger partial charge in [0.2, 0.25) is 5.91 Å². The quantitative estimate of drug-likeness (QED) is 0.867. The van der Waals surface area contributed by atoms with Gasteiger partial charge in [-0.05, 0) is 58.0 Å². The summed E-state index contributed by atoms with van der Waals surface area (Å²) in [7, 11) is 0. The highest BCUT2D eigenvalue weighted by Gasteiger charge is 2.29. The molecule has 1 aliphatic carbocycles. The molecule has 132 valence electrons. The topological polar surface area (TPSA) is 35.6 Å². The molecule has 3 aliphatic rings. The molecule has 0 aromatic rings. The largest absolute Gasteiger partial charge is 0.341 e. The molecule has 0 aromatic heterocycles. The Morgan fingerprint density at radius 3 is 2.61 bits per heavy atom. The third kappa shape index (κ3) is 4.93. The molecule has 23 heavy (non-hydrogen) atoms. The first-order valence-corrected chi connectivity index (χ1v) is 9.97. The predicted molar refractivity (Wildman–Crippen MR) is 94.4 cm³/mol. The molecule has 0 unspecified atom stereocenters. The number of carbonyl (C=O) groups excluding carboxylic acids is 1. The van der Waals surface area contributed by atoms with Gasteiger partial charge in [-0.15, -0.1) is 0 Å². The first kappa shape index (κ1) is 17.2. The van der Waals surface area contributed by atoms with Gasteiger partial charge in [0, 0.05) is 38.1 Å². The first-order chi connectivity index (χ1) is 11.2. The second-order valence-electron chi connectivity index (χ2n) is 8.06. The van der Waals surface area contributed by atoms with Crippen molar-refractivity contribution in [3.8, 4) is 0 Å². The van der Waals surface area contributed by atoms with Gasteiger partial charge < -0.3 is 15.1 Å². The summed E-state index contributed by atoms with van der Waals surface area (Å²) in [6.07, 6.45) is 10.3. The molecule has 1 saturated carbocycles. The number of piperidine rings is 1. The SMILES string of the molecule is C[C@H]1C[C@@H](C(=O)N2CCCN(CC3CCCCC3)CC2)CCN1. The lowest BCUT2D eigenvalue weighted by molar-refractivity contribution is -0.136. The maximum atomic E-state index is 12.8. The third-order valence-electron chi connectivity index (χ3n) is 6.11. The fraction of sp³-hybridized carbons (Fsp3) is 0.947. The Balaban J connectivity index is 1.46. The maximum absolute atomic E-state index is 12.8. The van der Waals surface area contributed by atoms with Crippen LogP contribution in [0.15, 0.2) is 0 Å². The summed E-state index contributed by atoms with van der Waals surface area (Å²) in [6, 6.07) is 0.493. The molecule has 0 aromatic carbocycles. The second-order valence-corrected chi connectivity index (χ2v) is 8.06. The summed E-state index contributed by atoms with van der Waals surface area (Å²) in [5.74, 6) is 1.60. The van der Waals surface area contributed by atoms with E-state index >= 15 is 0 Å². The van der Waals surface area contributed by atoms with E-state index in [1.165, 1.54) is 45.2 Å². The summed E-state index contributed by atoms with van der Waals surface area (Å²) in [5, 5.41) is 3.46. The van der Waals surface area contributed by atoms with E-state index in [0.29, 0.717) is 11.9 Å². The minimum absolute atomic E-state index is 0.260. The number of nitrogens with zero attached hydrogens (tertiary/aromatic N) is 2. The van der Waals surface area contributed by atoms with Gasteiger partial charge in [0.1, 0.15) is 0 Å². The lowest BCUT2D eigenvalue weighted by Gasteiger charge is -2.32. The molecular formula is C19H35N3O. The first-order valence-electron chi connectivity index (χ1n) is 9.97. The summed E-state index contributed by atoms with van der Waals surface area (Å²) in [6.45, 7) is 8.66. The van der Waals surface area contributed by atoms with Gasteiger partial charge in [0.25, 0.3) is 0 Å². The summed E-state index contributed by atoms with van der Waals surface area (Å²) in [4.78, 5) is 17.6. The highest BCUT2D eigenvalue weighted by Crippen LogP contribution is 2.25. The number of rotatable bonds is 3. The van der Waals surface area contributed by atoms with Crippen LogP contribution >= 0.6 is 0 Å². The van der Waals surface area contributed by atoms with Crippen molar-refractivity contribution in [1.82, 2.24) is 15.1 Å². The molecule has 0 spiro atoms. The number of amides is 1. The molecule has 3 fully saturated rings. The molecule has 4 heteroatoms. The minimum Gasteiger partial charge on any atom is -0.341 e. The molecule has 1 amide bonds. The van der Waals surface area contributed by atoms with Crippen molar-refractivity contribution in [3.05, 3.63) is 0 Å². The van der Waals surface area contributed by atoms with Gasteiger partial charge in [-0.2, -0.15) is 0 Å². The molecule has 1 N–H and O–H groups in total. The molecular weight excluding hydrogens is 286 g/mol. The van der Waals surface area contributed by atoms with Crippen molar-refractivity contribution in [2.75, 3.05) is 39.3 Å². The molecule has 2 aliphatic heterocycles. The summed E-state index contributed by atoms with van der Waals surface area (Å²) < 4.78 is 0. The normalized spacial score (nSPS) is 31.8. The number of hydrogen-bond donors (Lipinski definition) is 1. The average molecular weight is 322 g/mol. The Labute approximate surface area is 142 Å². The van der Waals surface area contributed by atoms with Crippen molar-refractivity contribution in [2.24, 2.45) is 11.8 Å². The number of hydrogen-bond acceptors (Lipinski definition) is 3. The van der Waals surface area contributed by atoms with E-state index in [2.05, 4.69) is 22.0 Å². The Hall–Kier alpha value is -0.610. The van der Waals surface area contributed by atoms with E-state index in [-0.39, 0.29) is 5.92 Å². The van der Waals surface area contributed by atoms with Crippen LogP contribution in [-0.4, -0.2) is 61.0 Å². The van der Waals surface area contributed by atoms with Crippen molar-refractivity contribution >= 4 is 5.91 Å². The standard InChI is InChI=1S/C19H35N3O/c1-16-14-18(8-9-20-16)19(23)22-11-5-10-21(12-13-22)15-17-6-3-2-4-7-17/h16-18,20H,2-15H2,1H3/t16-,18-/m0/s1. The Kier molecular flexibility index (Phi) is 6.35. The van der Waals surface area contributed by atoms with Crippen LogP contribution in [0.3, 0.4) is 0 Å². The van der Waals surface area contributed by atoms with E-state index < -0.39 is 0 Å². The van der Waals surface area contributed by atoms with Crippen LogP contribution in [0.25, 0.3) is 0 Å². The number of nitrogens with one attached hydrogen (secondary N) is 1. The van der Waals surface area contributed by atoms with Crippen LogP contribution < -0.4 is 5.32 Å². The van der Waals surface area contributed by atoms with Crippen LogP contribution in [-0.2, 0) is 4.79 Å². The van der Waals surface area contributed by atoms with Crippen LogP contribution in [0.1, 0.15) is 58.3 Å². The molecule has 2 heterocycles. The molecule has 0 radical (unpaired) electrons. The zero-order chi connectivity index (χ0) is 16.1. The second kappa shape index (κ2) is 8.48. The molecule has 0 bridgehead atoms. The Morgan fingerprint density at radius 1 is 1.00 bits per heavy atom. The van der Waals surface area contributed by atoms with Crippen LogP contribution in [0, 0.1) is 11.8 Å². The zero-order valence-electron chi connectivity index (χ0n) is 14.9. The van der Waals surface area contributed by atoms with Crippen LogP contribution in [0.2, 0.25) is 0 Å². The van der Waals surface area contributed by atoms with Gasteiger partial charge in [-0.3, -0.25) is 4.79 Å². The molecule has 4 nitrogen and oxygen atoms in total. The summed E-state index contributed by atoms with van der Waals surface area (Å²) >= 11 is 0. The lowest BCUT2D eigenvalue weighted by Crippen LogP contribution is -2.45. The van der Waals surface area contributed by atoms with E-state index in [1.54, 1.807) is 0 Å². The monoisotopic (exact) mass is 321 g/mol.